The molecule has 0 radical (unpaired) electrons. The highest BCUT2D eigenvalue weighted by Gasteiger charge is 2.51. The SMILES string of the molecule is CN=S1(=O)C[C@@](C)(c2cc(CC(=O)c3ccc(Cl)cn3)ccc2F)N=C(N)[C@]1(C)c1ccc(F)cc1. The fourth-order valence-corrected chi connectivity index (χ4v) is 7.24. The molecule has 3 aromatic rings. The summed E-state index contributed by atoms with van der Waals surface area (Å²) in [6, 6.07) is 12.9. The highest BCUT2D eigenvalue weighted by Crippen LogP contribution is 2.44. The molecule has 1 aromatic heterocycles. The molecule has 10 heteroatoms. The molecule has 0 saturated heterocycles. The topological polar surface area (TPSA) is 97.8 Å². The van der Waals surface area contributed by atoms with Crippen molar-refractivity contribution in [3.63, 3.8) is 0 Å². The van der Waals surface area contributed by atoms with Crippen LogP contribution in [-0.2, 0) is 26.4 Å². The molecule has 1 aliphatic rings. The van der Waals surface area contributed by atoms with E-state index in [-0.39, 0.29) is 35.0 Å². The van der Waals surface area contributed by atoms with E-state index < -0.39 is 31.6 Å². The van der Waals surface area contributed by atoms with Crippen LogP contribution < -0.4 is 5.73 Å². The summed E-state index contributed by atoms with van der Waals surface area (Å²) in [6.45, 7) is 3.29. The van der Waals surface area contributed by atoms with E-state index in [2.05, 4.69) is 14.3 Å². The summed E-state index contributed by atoms with van der Waals surface area (Å²) in [7, 11) is -1.72. The second kappa shape index (κ2) is 9.37. The average molecular weight is 531 g/mol. The standard InChI is InChI=1S/C26H25ClF2N4O2S/c1-25(15-36(35,31-3)26(2,24(30)33-25)17-5-8-19(28)9-6-17)20-12-16(4-10-21(20)29)13-23(34)22-11-7-18(27)14-32-22/h4-12,14H,13,15H2,1-3H3,(H2,30,33)/t25-,26-,36?/m0/s1. The predicted molar refractivity (Wildman–Crippen MR) is 138 cm³/mol. The summed E-state index contributed by atoms with van der Waals surface area (Å²) < 4.78 is 45.9. The minimum Gasteiger partial charge on any atom is -0.386 e. The number of ketones is 1. The van der Waals surface area contributed by atoms with Crippen LogP contribution in [0.5, 0.6) is 0 Å². The number of amidine groups is 1. The molecule has 1 aliphatic heterocycles. The van der Waals surface area contributed by atoms with Crippen molar-refractivity contribution in [2.24, 2.45) is 15.1 Å². The maximum absolute atomic E-state index is 15.2. The molecule has 6 nitrogen and oxygen atoms in total. The van der Waals surface area contributed by atoms with Gasteiger partial charge in [-0.2, -0.15) is 0 Å². The number of carbonyl (C=O) groups excluding carboxylic acids is 1. The Morgan fingerprint density at radius 1 is 1.14 bits per heavy atom. The Balaban J connectivity index is 1.77. The van der Waals surface area contributed by atoms with Gasteiger partial charge in [-0.1, -0.05) is 29.8 Å². The van der Waals surface area contributed by atoms with Gasteiger partial charge in [-0.05, 0) is 61.4 Å². The quantitative estimate of drug-likeness (QED) is 0.467. The minimum atomic E-state index is -3.15. The maximum Gasteiger partial charge on any atom is 0.185 e. The summed E-state index contributed by atoms with van der Waals surface area (Å²) >= 11 is 5.84. The molecule has 4 rings (SSSR count). The van der Waals surface area contributed by atoms with Gasteiger partial charge in [0.25, 0.3) is 0 Å². The molecular formula is C26H25ClF2N4O2S. The number of pyridine rings is 1. The van der Waals surface area contributed by atoms with Gasteiger partial charge in [0.15, 0.2) is 5.78 Å². The first kappa shape index (κ1) is 25.9. The highest BCUT2D eigenvalue weighted by molar-refractivity contribution is 7.95. The van der Waals surface area contributed by atoms with Crippen molar-refractivity contribution < 1.29 is 17.8 Å². The molecule has 188 valence electrons. The number of benzene rings is 2. The van der Waals surface area contributed by atoms with Crippen molar-refractivity contribution in [2.45, 2.75) is 30.6 Å². The first-order valence-electron chi connectivity index (χ1n) is 11.1. The molecule has 0 aliphatic carbocycles. The lowest BCUT2D eigenvalue weighted by atomic mass is 9.90. The summed E-state index contributed by atoms with van der Waals surface area (Å²) in [5.74, 6) is -1.40. The number of carbonyl (C=O) groups is 1. The lowest BCUT2D eigenvalue weighted by molar-refractivity contribution is 0.0988. The molecule has 2 heterocycles. The van der Waals surface area contributed by atoms with Crippen molar-refractivity contribution in [1.29, 1.82) is 0 Å². The zero-order chi connectivity index (χ0) is 26.3. The Morgan fingerprint density at radius 2 is 1.83 bits per heavy atom. The largest absolute Gasteiger partial charge is 0.386 e. The van der Waals surface area contributed by atoms with Gasteiger partial charge in [-0.15, -0.1) is 0 Å². The number of halogens is 3. The summed E-state index contributed by atoms with van der Waals surface area (Å²) in [5, 5.41) is 0.411. The van der Waals surface area contributed by atoms with Gasteiger partial charge < -0.3 is 5.73 Å². The summed E-state index contributed by atoms with van der Waals surface area (Å²) in [6.07, 6.45) is 1.35. The Morgan fingerprint density at radius 3 is 2.44 bits per heavy atom. The van der Waals surface area contributed by atoms with Gasteiger partial charge in [-0.25, -0.2) is 17.4 Å². The van der Waals surface area contributed by atoms with E-state index in [9.17, 15) is 13.4 Å². The summed E-state index contributed by atoms with van der Waals surface area (Å²) in [4.78, 5) is 21.4. The second-order valence-electron chi connectivity index (χ2n) is 9.05. The first-order valence-corrected chi connectivity index (χ1v) is 13.2. The maximum atomic E-state index is 15.2. The molecule has 0 saturated carbocycles. The molecule has 36 heavy (non-hydrogen) atoms. The molecule has 1 unspecified atom stereocenters. The molecule has 0 spiro atoms. The Hall–Kier alpha value is -3.17. The normalized spacial score (nSPS) is 25.8. The van der Waals surface area contributed by atoms with E-state index in [0.29, 0.717) is 16.1 Å². The number of aliphatic imine (C=N–C) groups is 1. The zero-order valence-electron chi connectivity index (χ0n) is 20.0. The number of nitrogens with two attached hydrogens (primary N) is 1. The van der Waals surface area contributed by atoms with E-state index in [1.165, 1.54) is 61.8 Å². The van der Waals surface area contributed by atoms with E-state index >= 15 is 4.39 Å². The molecule has 0 fully saturated rings. The predicted octanol–water partition coefficient (Wildman–Crippen LogP) is 5.04. The zero-order valence-corrected chi connectivity index (χ0v) is 21.5. The smallest absolute Gasteiger partial charge is 0.185 e. The van der Waals surface area contributed by atoms with Crippen molar-refractivity contribution in [2.75, 3.05) is 12.8 Å². The molecular weight excluding hydrogens is 506 g/mol. The minimum absolute atomic E-state index is 0.00435. The Kier molecular flexibility index (Phi) is 6.74. The van der Waals surface area contributed by atoms with Crippen LogP contribution in [0.2, 0.25) is 5.02 Å². The van der Waals surface area contributed by atoms with Crippen molar-refractivity contribution >= 4 is 32.9 Å². The van der Waals surface area contributed by atoms with Gasteiger partial charge in [0.1, 0.15) is 33.4 Å². The van der Waals surface area contributed by atoms with Crippen LogP contribution in [0.3, 0.4) is 0 Å². The lowest BCUT2D eigenvalue weighted by Gasteiger charge is -2.42. The fourth-order valence-electron chi connectivity index (χ4n) is 4.49. The van der Waals surface area contributed by atoms with Crippen LogP contribution >= 0.6 is 11.6 Å². The van der Waals surface area contributed by atoms with Crippen LogP contribution in [0, 0.1) is 11.6 Å². The van der Waals surface area contributed by atoms with Gasteiger partial charge in [0.05, 0.1) is 20.5 Å². The number of hydrogen-bond donors (Lipinski definition) is 1. The summed E-state index contributed by atoms with van der Waals surface area (Å²) in [5.41, 5.74) is 6.53. The van der Waals surface area contributed by atoms with Crippen LogP contribution in [0.1, 0.15) is 41.0 Å². The van der Waals surface area contributed by atoms with Gasteiger partial charge in [-0.3, -0.25) is 14.8 Å². The van der Waals surface area contributed by atoms with E-state index in [1.807, 2.05) is 0 Å². The van der Waals surface area contributed by atoms with Crippen LogP contribution in [0.15, 0.2) is 70.1 Å². The van der Waals surface area contributed by atoms with Gasteiger partial charge in [0, 0.05) is 25.2 Å². The average Bonchev–Trinajstić information content (AvgIpc) is 2.84. The van der Waals surface area contributed by atoms with Crippen LogP contribution in [0.25, 0.3) is 0 Å². The third-order valence-corrected chi connectivity index (χ3v) is 10.1. The highest BCUT2D eigenvalue weighted by atomic mass is 35.5. The third kappa shape index (κ3) is 4.41. The number of aromatic nitrogens is 1. The lowest BCUT2D eigenvalue weighted by Crippen LogP contribution is -2.54. The van der Waals surface area contributed by atoms with Crippen molar-refractivity contribution in [3.05, 3.63) is 99.8 Å². The number of Topliss-reactive ketones (excluding diaryl/α,β-unsaturated/α-hetero) is 1. The number of hydrogen-bond acceptors (Lipinski definition) is 6. The molecule has 0 bridgehead atoms. The van der Waals surface area contributed by atoms with Crippen LogP contribution in [-0.4, -0.2) is 33.6 Å². The Labute approximate surface area is 213 Å². The van der Waals surface area contributed by atoms with Gasteiger partial charge >= 0.3 is 0 Å². The molecule has 3 atom stereocenters. The molecule has 2 aromatic carbocycles. The fraction of sp³-hybridized carbons (Fsp3) is 0.269. The van der Waals surface area contributed by atoms with E-state index in [4.69, 9.17) is 17.3 Å². The first-order chi connectivity index (χ1) is 16.9. The van der Waals surface area contributed by atoms with E-state index in [0.717, 1.165) is 0 Å². The molecule has 2 N–H and O–H groups in total. The monoisotopic (exact) mass is 530 g/mol. The van der Waals surface area contributed by atoms with Gasteiger partial charge in [0.2, 0.25) is 0 Å². The molecule has 0 amide bonds. The third-order valence-electron chi connectivity index (χ3n) is 6.65. The second-order valence-corrected chi connectivity index (χ2v) is 12.2. The van der Waals surface area contributed by atoms with Crippen LogP contribution in [0.4, 0.5) is 8.78 Å². The number of rotatable bonds is 5. The van der Waals surface area contributed by atoms with Crippen molar-refractivity contribution in [1.82, 2.24) is 4.98 Å². The number of nitrogens with zero attached hydrogens (tertiary/aromatic N) is 3. The van der Waals surface area contributed by atoms with E-state index in [1.54, 1.807) is 19.9 Å². The van der Waals surface area contributed by atoms with Crippen molar-refractivity contribution in [3.8, 4) is 0 Å². The Bertz CT molecular complexity index is 1480.